The zero-order valence-electron chi connectivity index (χ0n) is 39.5. The molecule has 77 heavy (non-hydrogen) atoms. The first kappa shape index (κ1) is 57.7. The molecule has 0 bridgehead atoms. The number of rotatable bonds is 17. The van der Waals surface area contributed by atoms with Crippen LogP contribution in [-0.2, 0) is 36.7 Å². The van der Waals surface area contributed by atoms with E-state index in [1.807, 2.05) is 12.1 Å². The van der Waals surface area contributed by atoms with Gasteiger partial charge in [-0.25, -0.2) is 43.8 Å². The van der Waals surface area contributed by atoms with Crippen molar-refractivity contribution in [2.24, 2.45) is 0 Å². The molecule has 8 aromatic rings. The number of nitrogens with zero attached hydrogens (tertiary/aromatic N) is 5. The Balaban J connectivity index is 0.000000225. The first-order valence-electron chi connectivity index (χ1n) is 22.0. The Morgan fingerprint density at radius 1 is 0.675 bits per heavy atom. The van der Waals surface area contributed by atoms with E-state index in [1.54, 1.807) is 37.3 Å². The van der Waals surface area contributed by atoms with Gasteiger partial charge in [0.1, 0.15) is 63.7 Å². The Morgan fingerprint density at radius 2 is 1.21 bits per heavy atom. The molecule has 1 atom stereocenters. The number of methoxy groups -OCH3 is 1. The summed E-state index contributed by atoms with van der Waals surface area (Å²) in [6, 6.07) is 27.9. The summed E-state index contributed by atoms with van der Waals surface area (Å²) in [6.07, 6.45) is 0.369. The van der Waals surface area contributed by atoms with E-state index in [4.69, 9.17) is 55.3 Å². The van der Waals surface area contributed by atoms with Crippen molar-refractivity contribution < 1.29 is 51.7 Å². The lowest BCUT2D eigenvalue weighted by molar-refractivity contribution is 0.415. The fourth-order valence-corrected chi connectivity index (χ4v) is 11.6. The number of aromatic amines is 1. The number of nitriles is 2. The molecule has 0 spiro atoms. The molecule has 16 nitrogen and oxygen atoms in total. The molecule has 0 amide bonds. The molecular weight excluding hydrogens is 1150 g/mol. The molecule has 0 saturated carbocycles. The lowest BCUT2D eigenvalue weighted by Crippen LogP contribution is -2.30. The van der Waals surface area contributed by atoms with Crippen LogP contribution in [0.1, 0.15) is 47.5 Å². The number of sulfonamides is 2. The number of H-pyrrole nitrogens is 1. The van der Waals surface area contributed by atoms with Crippen molar-refractivity contribution in [3.63, 3.8) is 0 Å². The lowest BCUT2D eigenvalue weighted by atomic mass is 9.99. The van der Waals surface area contributed by atoms with Gasteiger partial charge in [0.15, 0.2) is 0 Å². The highest BCUT2D eigenvalue weighted by Crippen LogP contribution is 2.37. The third kappa shape index (κ3) is 13.8. The van der Waals surface area contributed by atoms with Crippen LogP contribution in [0.15, 0.2) is 131 Å². The molecule has 0 aliphatic carbocycles. The van der Waals surface area contributed by atoms with Crippen molar-refractivity contribution in [1.29, 1.82) is 10.5 Å². The lowest BCUT2D eigenvalue weighted by Gasteiger charge is -2.20. The van der Waals surface area contributed by atoms with Crippen LogP contribution in [0.2, 0.25) is 20.1 Å². The van der Waals surface area contributed by atoms with Crippen molar-refractivity contribution in [2.75, 3.05) is 12.9 Å². The predicted molar refractivity (Wildman–Crippen MR) is 279 cm³/mol. The summed E-state index contributed by atoms with van der Waals surface area (Å²) in [6.45, 7) is 1.18. The number of benzene rings is 6. The highest BCUT2D eigenvalue weighted by molar-refractivity contribution is 7.89. The SMILES string of the molecule is CCCS(=O)(=O)Oc1ccc(-c2c(C#N)c(CNS(=O)(=O)c3cc(F)cc(F)c3)nn2-c2ccc(Cl)cc2Cl)cc1.COc1ccc(-c2n[nH]c(C(NS(=O)(=O)c3cc(F)cc(F)c3)c3ccc(Cl)cc3Cl)c2C#N)cc1. The topological polar surface area (TPSA) is 239 Å². The summed E-state index contributed by atoms with van der Waals surface area (Å²) < 4.78 is 147. The van der Waals surface area contributed by atoms with Gasteiger partial charge >= 0.3 is 10.1 Å². The van der Waals surface area contributed by atoms with Crippen LogP contribution in [0.3, 0.4) is 0 Å². The monoisotopic (exact) mass is 1190 g/mol. The Kier molecular flexibility index (Phi) is 18.1. The maximum atomic E-state index is 13.8. The van der Waals surface area contributed by atoms with Gasteiger partial charge in [0, 0.05) is 38.3 Å². The molecule has 3 N–H and O–H groups in total. The number of halogens is 8. The van der Waals surface area contributed by atoms with Crippen molar-refractivity contribution in [3.05, 3.63) is 193 Å². The number of hydrogen-bond donors (Lipinski definition) is 3. The molecule has 6 aromatic carbocycles. The summed E-state index contributed by atoms with van der Waals surface area (Å²) in [4.78, 5) is -1.30. The largest absolute Gasteiger partial charge is 0.497 e. The zero-order chi connectivity index (χ0) is 56.0. The van der Waals surface area contributed by atoms with Crippen molar-refractivity contribution >= 4 is 76.6 Å². The number of aromatic nitrogens is 4. The fourth-order valence-electron chi connectivity index (χ4n) is 7.39. The maximum absolute atomic E-state index is 13.8. The molecule has 0 aliphatic rings. The van der Waals surface area contributed by atoms with Gasteiger partial charge in [0.25, 0.3) is 0 Å². The van der Waals surface area contributed by atoms with Crippen LogP contribution in [0.5, 0.6) is 11.5 Å². The van der Waals surface area contributed by atoms with E-state index in [2.05, 4.69) is 24.7 Å². The Bertz CT molecular complexity index is 3930. The van der Waals surface area contributed by atoms with Gasteiger partial charge in [0.2, 0.25) is 20.0 Å². The minimum Gasteiger partial charge on any atom is -0.497 e. The molecule has 2 heterocycles. The Hall–Kier alpha value is -7.03. The second kappa shape index (κ2) is 24.1. The molecule has 0 aliphatic heterocycles. The van der Waals surface area contributed by atoms with E-state index in [1.165, 1.54) is 66.4 Å². The standard InChI is InChI=1S/C26H20Cl2F2N4O5S2.C24H16Cl2F2N4O3S/c1-2-9-40(35,36)39-20-6-3-16(4-7-20)26-22(14-31)24(33-34(26)25-8-5-17(27)10-23(25)28)15-32-41(37,38)21-12-18(29)11-19(30)13-21;1-35-17-5-2-13(3-6-17)22-20(12-29)23(31-30-22)24(19-7-4-14(25)8-21(19)26)32-36(33,34)18-10-15(27)9-16(28)11-18/h3-8,10-13,32H,2,9,15H2,1H3;2-11,24,32H,1H3,(H,30,31). The molecule has 2 aromatic heterocycles. The second-order valence-electron chi connectivity index (χ2n) is 16.1. The smallest absolute Gasteiger partial charge is 0.309 e. The molecule has 0 saturated heterocycles. The summed E-state index contributed by atoms with van der Waals surface area (Å²) in [5, 5.41) is 32.3. The number of hydrogen-bond acceptors (Lipinski definition) is 12. The molecule has 1 unspecified atom stereocenters. The van der Waals surface area contributed by atoms with Crippen LogP contribution in [0.25, 0.3) is 28.2 Å². The van der Waals surface area contributed by atoms with Crippen molar-refractivity contribution in [1.82, 2.24) is 29.4 Å². The molecule has 8 rings (SSSR count). The Morgan fingerprint density at radius 3 is 1.74 bits per heavy atom. The molecule has 27 heteroatoms. The van der Waals surface area contributed by atoms with E-state index < -0.39 is 75.8 Å². The van der Waals surface area contributed by atoms with Gasteiger partial charge in [-0.2, -0.15) is 33.9 Å². The summed E-state index contributed by atoms with van der Waals surface area (Å²) >= 11 is 24.8. The Labute approximate surface area is 458 Å². The van der Waals surface area contributed by atoms with Gasteiger partial charge in [-0.1, -0.05) is 59.4 Å². The second-order valence-corrected chi connectivity index (χ2v) is 23.0. The first-order chi connectivity index (χ1) is 36.5. The van der Waals surface area contributed by atoms with Crippen molar-refractivity contribution in [2.45, 2.75) is 35.7 Å². The maximum Gasteiger partial charge on any atom is 0.309 e. The third-order valence-electron chi connectivity index (χ3n) is 10.8. The van der Waals surface area contributed by atoms with E-state index in [0.29, 0.717) is 75.4 Å². The van der Waals surface area contributed by atoms with Crippen LogP contribution in [-0.4, -0.2) is 58.1 Å². The highest BCUT2D eigenvalue weighted by Gasteiger charge is 2.31. The number of nitrogens with one attached hydrogen (secondary N) is 3. The van der Waals surface area contributed by atoms with Gasteiger partial charge in [-0.3, -0.25) is 5.10 Å². The minimum atomic E-state index is -4.51. The van der Waals surface area contributed by atoms with E-state index in [0.717, 1.165) is 0 Å². The third-order valence-corrected chi connectivity index (χ3v) is 16.1. The van der Waals surface area contributed by atoms with Gasteiger partial charge in [-0.15, -0.1) is 0 Å². The normalized spacial score (nSPS) is 12.0. The summed E-state index contributed by atoms with van der Waals surface area (Å²) in [7, 11) is -11.2. The van der Waals surface area contributed by atoms with Gasteiger partial charge in [0.05, 0.1) is 63.0 Å². The average Bonchev–Trinajstić information content (AvgIpc) is 4.00. The quantitative estimate of drug-likeness (QED) is 0.0570. The van der Waals surface area contributed by atoms with Crippen LogP contribution in [0, 0.1) is 45.9 Å². The van der Waals surface area contributed by atoms with E-state index >= 15 is 0 Å². The van der Waals surface area contributed by atoms with Crippen LogP contribution in [0.4, 0.5) is 17.6 Å². The van der Waals surface area contributed by atoms with E-state index in [9.17, 15) is 53.3 Å². The van der Waals surface area contributed by atoms with Crippen LogP contribution < -0.4 is 18.4 Å². The highest BCUT2D eigenvalue weighted by atomic mass is 35.5. The molecule has 398 valence electrons. The molecular formula is C50H36Cl4F4N8O8S3. The number of ether oxygens (including phenoxy) is 1. The van der Waals surface area contributed by atoms with E-state index in [-0.39, 0.29) is 61.0 Å². The first-order valence-corrected chi connectivity index (χ1v) is 28.0. The van der Waals surface area contributed by atoms with Crippen molar-refractivity contribution in [3.8, 4) is 51.8 Å². The molecule has 0 fully saturated rings. The summed E-state index contributed by atoms with van der Waals surface area (Å²) in [5.41, 5.74) is 1.95. The predicted octanol–water partition coefficient (Wildman–Crippen LogP) is 11.2. The van der Waals surface area contributed by atoms with Gasteiger partial charge in [-0.05, 0) is 115 Å². The van der Waals surface area contributed by atoms with Gasteiger partial charge < -0.3 is 8.92 Å². The average molecular weight is 1190 g/mol. The summed E-state index contributed by atoms with van der Waals surface area (Å²) in [5.74, 6) is -3.84. The minimum absolute atomic E-state index is 0.0279. The fraction of sp³-hybridized carbons (Fsp3) is 0.120. The van der Waals surface area contributed by atoms with Crippen LogP contribution >= 0.6 is 46.4 Å². The zero-order valence-corrected chi connectivity index (χ0v) is 45.0. The molecule has 0 radical (unpaired) electrons.